The van der Waals surface area contributed by atoms with E-state index in [-0.39, 0.29) is 30.1 Å². The van der Waals surface area contributed by atoms with E-state index in [0.717, 1.165) is 36.3 Å². The summed E-state index contributed by atoms with van der Waals surface area (Å²) < 4.78 is 44.8. The standard InChI is InChI=1S/C27H25F3N2O5/c28-27(29,30)18-8-4-5-9-19(18)31-21(33)14-37-26(36)20(12-15-6-2-1-3-7-15)32-24(34)22-16-10-11-17(13-16)23(22)25(32)35/h1-9,16-17,20,22-23H,10-14H2,(H,31,33)/t16-,17-,20-,22-,23+/m0/s1. The molecule has 10 heteroatoms. The Morgan fingerprint density at radius 2 is 1.54 bits per heavy atom. The fourth-order valence-electron chi connectivity index (χ4n) is 6.11. The molecule has 2 aromatic carbocycles. The maximum Gasteiger partial charge on any atom is 0.418 e. The van der Waals surface area contributed by atoms with Gasteiger partial charge in [0.2, 0.25) is 11.8 Å². The maximum atomic E-state index is 13.3. The zero-order valence-corrected chi connectivity index (χ0v) is 19.7. The highest BCUT2D eigenvalue weighted by molar-refractivity contribution is 6.08. The molecule has 194 valence electrons. The number of rotatable bonds is 7. The van der Waals surface area contributed by atoms with Crippen LogP contribution in [0.5, 0.6) is 0 Å². The largest absolute Gasteiger partial charge is 0.454 e. The van der Waals surface area contributed by atoms with Crippen molar-refractivity contribution in [1.29, 1.82) is 0 Å². The molecule has 37 heavy (non-hydrogen) atoms. The topological polar surface area (TPSA) is 92.8 Å². The van der Waals surface area contributed by atoms with Gasteiger partial charge in [-0.1, -0.05) is 42.5 Å². The predicted octanol–water partition coefficient (Wildman–Crippen LogP) is 3.83. The third-order valence-corrected chi connectivity index (χ3v) is 7.67. The summed E-state index contributed by atoms with van der Waals surface area (Å²) in [5, 5.41) is 2.12. The van der Waals surface area contributed by atoms with Crippen molar-refractivity contribution in [2.75, 3.05) is 11.9 Å². The summed E-state index contributed by atoms with van der Waals surface area (Å²) in [6.45, 7) is -0.870. The molecule has 3 fully saturated rings. The molecule has 2 saturated carbocycles. The van der Waals surface area contributed by atoms with Crippen LogP contribution in [-0.2, 0) is 36.5 Å². The molecule has 2 aliphatic carbocycles. The number of hydrogen-bond acceptors (Lipinski definition) is 5. The predicted molar refractivity (Wildman–Crippen MR) is 125 cm³/mol. The number of para-hydroxylation sites is 1. The third-order valence-electron chi connectivity index (χ3n) is 7.67. The highest BCUT2D eigenvalue weighted by Crippen LogP contribution is 2.56. The summed E-state index contributed by atoms with van der Waals surface area (Å²) in [6.07, 6.45) is -2.08. The number of ether oxygens (including phenoxy) is 1. The first-order valence-electron chi connectivity index (χ1n) is 12.2. The molecule has 1 aliphatic heterocycles. The summed E-state index contributed by atoms with van der Waals surface area (Å²) in [6, 6.07) is 12.0. The Bertz CT molecular complexity index is 1200. The molecule has 2 bridgehead atoms. The number of benzene rings is 2. The minimum atomic E-state index is -4.69. The number of anilines is 1. The second-order valence-electron chi connectivity index (χ2n) is 9.84. The van der Waals surface area contributed by atoms with Gasteiger partial charge in [0.1, 0.15) is 6.04 Å². The Labute approximate surface area is 211 Å². The number of esters is 1. The van der Waals surface area contributed by atoms with Gasteiger partial charge in [0.15, 0.2) is 6.61 Å². The van der Waals surface area contributed by atoms with E-state index in [1.807, 2.05) is 0 Å². The number of hydrogen-bond donors (Lipinski definition) is 1. The van der Waals surface area contributed by atoms with E-state index in [9.17, 15) is 32.3 Å². The molecule has 1 saturated heterocycles. The fourth-order valence-corrected chi connectivity index (χ4v) is 6.11. The summed E-state index contributed by atoms with van der Waals surface area (Å²) in [4.78, 5) is 53.3. The van der Waals surface area contributed by atoms with Crippen molar-refractivity contribution in [3.05, 3.63) is 65.7 Å². The Hall–Kier alpha value is -3.69. The molecule has 0 spiro atoms. The molecular weight excluding hydrogens is 489 g/mol. The number of likely N-dealkylation sites (tertiary alicyclic amines) is 1. The van der Waals surface area contributed by atoms with Crippen LogP contribution in [0.3, 0.4) is 0 Å². The second kappa shape index (κ2) is 9.64. The minimum absolute atomic E-state index is 0.00442. The lowest BCUT2D eigenvalue weighted by Crippen LogP contribution is -2.48. The molecule has 7 nitrogen and oxygen atoms in total. The number of fused-ring (bicyclic) bond motifs is 5. The van der Waals surface area contributed by atoms with Gasteiger partial charge in [0.05, 0.1) is 23.1 Å². The highest BCUT2D eigenvalue weighted by Gasteiger charge is 2.62. The lowest BCUT2D eigenvalue weighted by Gasteiger charge is -2.26. The van der Waals surface area contributed by atoms with Crippen LogP contribution in [-0.4, -0.2) is 41.2 Å². The minimum Gasteiger partial charge on any atom is -0.454 e. The molecule has 5 rings (SSSR count). The van der Waals surface area contributed by atoms with E-state index < -0.39 is 53.8 Å². The van der Waals surface area contributed by atoms with E-state index in [2.05, 4.69) is 5.32 Å². The first-order chi connectivity index (χ1) is 17.6. The van der Waals surface area contributed by atoms with Crippen molar-refractivity contribution in [2.45, 2.75) is 37.9 Å². The van der Waals surface area contributed by atoms with Crippen LogP contribution in [0.15, 0.2) is 54.6 Å². The van der Waals surface area contributed by atoms with Gasteiger partial charge in [0.25, 0.3) is 5.91 Å². The van der Waals surface area contributed by atoms with Crippen molar-refractivity contribution >= 4 is 29.4 Å². The van der Waals surface area contributed by atoms with Crippen LogP contribution < -0.4 is 5.32 Å². The number of nitrogens with one attached hydrogen (secondary N) is 1. The van der Waals surface area contributed by atoms with Gasteiger partial charge in [-0.3, -0.25) is 19.3 Å². The number of halogens is 3. The smallest absolute Gasteiger partial charge is 0.418 e. The summed E-state index contributed by atoms with van der Waals surface area (Å²) in [7, 11) is 0. The van der Waals surface area contributed by atoms with Crippen molar-refractivity contribution in [3.63, 3.8) is 0 Å². The van der Waals surface area contributed by atoms with Gasteiger partial charge < -0.3 is 10.1 Å². The van der Waals surface area contributed by atoms with Crippen LogP contribution in [0.25, 0.3) is 0 Å². The Morgan fingerprint density at radius 1 is 0.946 bits per heavy atom. The second-order valence-corrected chi connectivity index (χ2v) is 9.84. The SMILES string of the molecule is O=C(COC(=O)[C@H](Cc1ccccc1)N1C(=O)[C@@H]2[C@H]3CC[C@@H](C3)[C@@H]2C1=O)Nc1ccccc1C(F)(F)F. The first kappa shape index (κ1) is 25.0. The van der Waals surface area contributed by atoms with Gasteiger partial charge >= 0.3 is 12.1 Å². The van der Waals surface area contributed by atoms with E-state index in [1.165, 1.54) is 12.1 Å². The van der Waals surface area contributed by atoms with Crippen LogP contribution in [0.2, 0.25) is 0 Å². The lowest BCUT2D eigenvalue weighted by molar-refractivity contribution is -0.160. The van der Waals surface area contributed by atoms with Crippen LogP contribution >= 0.6 is 0 Å². The molecule has 5 atom stereocenters. The molecule has 3 aliphatic rings. The fraction of sp³-hybridized carbons (Fsp3) is 0.407. The van der Waals surface area contributed by atoms with Crippen molar-refractivity contribution in [2.24, 2.45) is 23.7 Å². The summed E-state index contributed by atoms with van der Waals surface area (Å²) >= 11 is 0. The maximum absolute atomic E-state index is 13.3. The Balaban J connectivity index is 1.32. The number of alkyl halides is 3. The molecule has 3 amide bonds. The Morgan fingerprint density at radius 3 is 2.16 bits per heavy atom. The van der Waals surface area contributed by atoms with E-state index in [4.69, 9.17) is 4.74 Å². The van der Waals surface area contributed by atoms with Crippen molar-refractivity contribution < 1.29 is 37.1 Å². The van der Waals surface area contributed by atoms with Gasteiger partial charge in [-0.25, -0.2) is 4.79 Å². The summed E-state index contributed by atoms with van der Waals surface area (Å²) in [5.41, 5.74) is -0.815. The zero-order chi connectivity index (χ0) is 26.3. The monoisotopic (exact) mass is 514 g/mol. The van der Waals surface area contributed by atoms with Gasteiger partial charge in [-0.15, -0.1) is 0 Å². The first-order valence-corrected chi connectivity index (χ1v) is 12.2. The van der Waals surface area contributed by atoms with Crippen molar-refractivity contribution in [3.8, 4) is 0 Å². The number of amides is 3. The van der Waals surface area contributed by atoms with Gasteiger partial charge in [-0.05, 0) is 48.8 Å². The molecule has 0 unspecified atom stereocenters. The zero-order valence-electron chi connectivity index (χ0n) is 19.7. The molecule has 1 N–H and O–H groups in total. The third kappa shape index (κ3) is 4.72. The molecule has 0 aromatic heterocycles. The number of carbonyl (C=O) groups excluding carboxylic acids is 4. The quantitative estimate of drug-likeness (QED) is 0.448. The van der Waals surface area contributed by atoms with Crippen LogP contribution in [0, 0.1) is 23.7 Å². The van der Waals surface area contributed by atoms with Crippen LogP contribution in [0.1, 0.15) is 30.4 Å². The van der Waals surface area contributed by atoms with E-state index in [1.54, 1.807) is 30.3 Å². The molecular formula is C27H25F3N2O5. The van der Waals surface area contributed by atoms with E-state index >= 15 is 0 Å². The van der Waals surface area contributed by atoms with Crippen molar-refractivity contribution in [1.82, 2.24) is 4.90 Å². The average Bonchev–Trinajstić information content (AvgIpc) is 3.55. The normalized spacial score (nSPS) is 25.2. The molecule has 2 aromatic rings. The number of nitrogens with zero attached hydrogens (tertiary/aromatic N) is 1. The van der Waals surface area contributed by atoms with Gasteiger partial charge in [0, 0.05) is 6.42 Å². The van der Waals surface area contributed by atoms with Gasteiger partial charge in [-0.2, -0.15) is 13.2 Å². The Kier molecular flexibility index (Phi) is 6.51. The summed E-state index contributed by atoms with van der Waals surface area (Å²) in [5.74, 6) is -3.31. The van der Waals surface area contributed by atoms with E-state index in [0.29, 0.717) is 5.56 Å². The highest BCUT2D eigenvalue weighted by atomic mass is 19.4. The number of imide groups is 1. The molecule has 0 radical (unpaired) electrons. The molecule has 1 heterocycles. The number of carbonyl (C=O) groups is 4. The van der Waals surface area contributed by atoms with Crippen LogP contribution in [0.4, 0.5) is 18.9 Å². The average molecular weight is 515 g/mol. The lowest BCUT2D eigenvalue weighted by atomic mass is 9.81.